The number of hydrogen-bond acceptors (Lipinski definition) is 4. The number of nitrogens with zero attached hydrogens (tertiary/aromatic N) is 2. The van der Waals surface area contributed by atoms with Crippen molar-refractivity contribution in [1.82, 2.24) is 9.38 Å². The molecule has 0 aliphatic carbocycles. The number of aromatic carboxylic acids is 1. The van der Waals surface area contributed by atoms with Crippen LogP contribution >= 0.6 is 11.6 Å². The number of hydrogen-bond donors (Lipinski definition) is 2. The second-order valence-electron chi connectivity index (χ2n) is 5.77. The number of nitrogens with one attached hydrogen (secondary N) is 1. The SMILES string of the molecule is COc1cc(NC(=O)c2c(C)nc3ccc(C)cn23)c(Cl)cc1C(=O)O. The highest BCUT2D eigenvalue weighted by atomic mass is 35.5. The van der Waals surface area contributed by atoms with Gasteiger partial charge in [0.25, 0.3) is 5.91 Å². The van der Waals surface area contributed by atoms with Crippen molar-refractivity contribution in [3.8, 4) is 5.75 Å². The molecular formula is C18H16ClN3O4. The molecule has 1 aromatic carbocycles. The van der Waals surface area contributed by atoms with E-state index in [2.05, 4.69) is 10.3 Å². The van der Waals surface area contributed by atoms with Crippen molar-refractivity contribution in [2.45, 2.75) is 13.8 Å². The van der Waals surface area contributed by atoms with E-state index in [0.29, 0.717) is 17.0 Å². The number of rotatable bonds is 4. The van der Waals surface area contributed by atoms with Crippen molar-refractivity contribution in [3.63, 3.8) is 0 Å². The average Bonchev–Trinajstić information content (AvgIpc) is 2.91. The standard InChI is InChI=1S/C18H16ClN3O4/c1-9-4-5-15-20-10(2)16(22(15)8-9)17(23)21-13-7-14(26-3)11(18(24)25)6-12(13)19/h4-8H,1-3H3,(H,21,23)(H,24,25). The lowest BCUT2D eigenvalue weighted by atomic mass is 10.1. The van der Waals surface area contributed by atoms with E-state index in [1.165, 1.54) is 19.2 Å². The molecule has 0 fully saturated rings. The van der Waals surface area contributed by atoms with Gasteiger partial charge in [0, 0.05) is 12.3 Å². The Hall–Kier alpha value is -3.06. The molecule has 8 heteroatoms. The van der Waals surface area contributed by atoms with Crippen molar-refractivity contribution in [1.29, 1.82) is 0 Å². The number of aryl methyl sites for hydroxylation is 2. The summed E-state index contributed by atoms with van der Waals surface area (Å²) in [6.07, 6.45) is 1.82. The van der Waals surface area contributed by atoms with E-state index in [4.69, 9.17) is 16.3 Å². The zero-order valence-corrected chi connectivity index (χ0v) is 15.1. The van der Waals surface area contributed by atoms with Gasteiger partial charge in [-0.15, -0.1) is 0 Å². The number of carboxylic acid groups (broad SMARTS) is 1. The fourth-order valence-electron chi connectivity index (χ4n) is 2.71. The highest BCUT2D eigenvalue weighted by Crippen LogP contribution is 2.31. The molecule has 0 aliphatic heterocycles. The molecular weight excluding hydrogens is 358 g/mol. The summed E-state index contributed by atoms with van der Waals surface area (Å²) in [7, 11) is 1.35. The summed E-state index contributed by atoms with van der Waals surface area (Å²) in [6.45, 7) is 3.66. The van der Waals surface area contributed by atoms with E-state index >= 15 is 0 Å². The first-order chi connectivity index (χ1) is 12.3. The lowest BCUT2D eigenvalue weighted by Crippen LogP contribution is -2.16. The molecule has 3 aromatic rings. The molecule has 0 bridgehead atoms. The molecule has 26 heavy (non-hydrogen) atoms. The molecule has 0 saturated heterocycles. The van der Waals surface area contributed by atoms with Crippen LogP contribution in [-0.4, -0.2) is 33.5 Å². The first-order valence-electron chi connectivity index (χ1n) is 7.69. The summed E-state index contributed by atoms with van der Waals surface area (Å²) in [4.78, 5) is 28.4. The molecule has 7 nitrogen and oxygen atoms in total. The summed E-state index contributed by atoms with van der Waals surface area (Å²) in [5.74, 6) is -1.48. The molecule has 2 aromatic heterocycles. The predicted molar refractivity (Wildman–Crippen MR) is 97.6 cm³/mol. The maximum atomic E-state index is 12.8. The number of halogens is 1. The zero-order valence-electron chi connectivity index (χ0n) is 14.3. The largest absolute Gasteiger partial charge is 0.496 e. The Morgan fingerprint density at radius 2 is 2.00 bits per heavy atom. The van der Waals surface area contributed by atoms with E-state index in [-0.39, 0.29) is 22.0 Å². The molecule has 2 heterocycles. The fraction of sp³-hybridized carbons (Fsp3) is 0.167. The third-order valence-corrected chi connectivity index (χ3v) is 4.24. The predicted octanol–water partition coefficient (Wildman–Crippen LogP) is 3.56. The van der Waals surface area contributed by atoms with E-state index < -0.39 is 11.9 Å². The van der Waals surface area contributed by atoms with Crippen LogP contribution in [0, 0.1) is 13.8 Å². The van der Waals surface area contributed by atoms with Gasteiger partial charge in [-0.25, -0.2) is 9.78 Å². The number of fused-ring (bicyclic) bond motifs is 1. The maximum absolute atomic E-state index is 12.8. The van der Waals surface area contributed by atoms with Crippen LogP contribution in [0.1, 0.15) is 32.1 Å². The van der Waals surface area contributed by atoms with Gasteiger partial charge in [-0.05, 0) is 31.5 Å². The Balaban J connectivity index is 2.02. The molecule has 0 radical (unpaired) electrons. The smallest absolute Gasteiger partial charge is 0.339 e. The number of anilines is 1. The van der Waals surface area contributed by atoms with Gasteiger partial charge >= 0.3 is 5.97 Å². The first-order valence-corrected chi connectivity index (χ1v) is 8.07. The fourth-order valence-corrected chi connectivity index (χ4v) is 2.92. The molecule has 0 unspecified atom stereocenters. The van der Waals surface area contributed by atoms with Crippen LogP contribution in [0.4, 0.5) is 5.69 Å². The van der Waals surface area contributed by atoms with Crippen LogP contribution in [0.25, 0.3) is 5.65 Å². The first kappa shape index (κ1) is 17.8. The minimum atomic E-state index is -1.17. The molecule has 2 N–H and O–H groups in total. The van der Waals surface area contributed by atoms with Crippen molar-refractivity contribution in [3.05, 3.63) is 58.0 Å². The summed E-state index contributed by atoms with van der Waals surface area (Å²) >= 11 is 6.14. The number of benzene rings is 1. The normalized spacial score (nSPS) is 10.8. The Morgan fingerprint density at radius 3 is 2.65 bits per heavy atom. The lowest BCUT2D eigenvalue weighted by Gasteiger charge is -2.12. The molecule has 134 valence electrons. The van der Waals surface area contributed by atoms with Crippen LogP contribution in [0.5, 0.6) is 5.75 Å². The molecule has 0 spiro atoms. The van der Waals surface area contributed by atoms with E-state index in [9.17, 15) is 14.7 Å². The molecule has 1 amide bonds. The van der Waals surface area contributed by atoms with Crippen molar-refractivity contribution in [2.24, 2.45) is 0 Å². The number of ether oxygens (including phenoxy) is 1. The monoisotopic (exact) mass is 373 g/mol. The second kappa shape index (κ2) is 6.68. The van der Waals surface area contributed by atoms with Crippen LogP contribution in [0.3, 0.4) is 0 Å². The van der Waals surface area contributed by atoms with E-state index in [0.717, 1.165) is 5.56 Å². The maximum Gasteiger partial charge on any atom is 0.339 e. The third-order valence-electron chi connectivity index (χ3n) is 3.92. The van der Waals surface area contributed by atoms with E-state index in [1.807, 2.05) is 25.3 Å². The highest BCUT2D eigenvalue weighted by molar-refractivity contribution is 6.34. The number of carbonyl (C=O) groups is 2. The van der Waals surface area contributed by atoms with Crippen LogP contribution < -0.4 is 10.1 Å². The van der Waals surface area contributed by atoms with Gasteiger partial charge in [-0.1, -0.05) is 17.7 Å². The number of carbonyl (C=O) groups excluding carboxylic acids is 1. The minimum Gasteiger partial charge on any atom is -0.496 e. The number of imidazole rings is 1. The minimum absolute atomic E-state index is 0.0860. The van der Waals surface area contributed by atoms with Gasteiger partial charge in [0.2, 0.25) is 0 Å². The molecule has 0 saturated carbocycles. The summed E-state index contributed by atoms with van der Waals surface area (Å²) in [5, 5.41) is 12.0. The van der Waals surface area contributed by atoms with Crippen LogP contribution in [0.15, 0.2) is 30.5 Å². The van der Waals surface area contributed by atoms with E-state index in [1.54, 1.807) is 11.3 Å². The quantitative estimate of drug-likeness (QED) is 0.729. The number of methoxy groups -OCH3 is 1. The summed E-state index contributed by atoms with van der Waals surface area (Å²) < 4.78 is 6.78. The Labute approximate surface area is 154 Å². The average molecular weight is 374 g/mol. The summed E-state index contributed by atoms with van der Waals surface area (Å²) in [5.41, 5.74) is 2.75. The molecule has 0 aliphatic rings. The number of carboxylic acids is 1. The molecule has 3 rings (SSSR count). The highest BCUT2D eigenvalue weighted by Gasteiger charge is 2.20. The van der Waals surface area contributed by atoms with Gasteiger partial charge in [0.15, 0.2) is 0 Å². The van der Waals surface area contributed by atoms with Gasteiger partial charge in [0.05, 0.1) is 23.5 Å². The van der Waals surface area contributed by atoms with Gasteiger partial charge in [0.1, 0.15) is 22.7 Å². The number of pyridine rings is 1. The zero-order chi connectivity index (χ0) is 19.0. The topological polar surface area (TPSA) is 92.9 Å². The Kier molecular flexibility index (Phi) is 4.56. The summed E-state index contributed by atoms with van der Waals surface area (Å²) in [6, 6.07) is 6.36. The van der Waals surface area contributed by atoms with Crippen molar-refractivity contribution >= 4 is 34.8 Å². The molecule has 0 atom stereocenters. The number of amides is 1. The van der Waals surface area contributed by atoms with Crippen LogP contribution in [0.2, 0.25) is 5.02 Å². The third kappa shape index (κ3) is 3.09. The Morgan fingerprint density at radius 1 is 1.27 bits per heavy atom. The Bertz CT molecular complexity index is 1040. The second-order valence-corrected chi connectivity index (χ2v) is 6.18. The lowest BCUT2D eigenvalue weighted by molar-refractivity contribution is 0.0693. The van der Waals surface area contributed by atoms with Gasteiger partial charge < -0.3 is 15.2 Å². The van der Waals surface area contributed by atoms with Crippen molar-refractivity contribution < 1.29 is 19.4 Å². The van der Waals surface area contributed by atoms with Gasteiger partial charge in [-0.3, -0.25) is 9.20 Å². The van der Waals surface area contributed by atoms with Crippen LogP contribution in [-0.2, 0) is 0 Å². The van der Waals surface area contributed by atoms with Crippen molar-refractivity contribution in [2.75, 3.05) is 12.4 Å². The van der Waals surface area contributed by atoms with Gasteiger partial charge in [-0.2, -0.15) is 0 Å². The number of aromatic nitrogens is 2.